The molecule has 0 bridgehead atoms. The molecule has 0 radical (unpaired) electrons. The molecule has 130 valence electrons. The summed E-state index contributed by atoms with van der Waals surface area (Å²) in [7, 11) is -4.00. The van der Waals surface area contributed by atoms with E-state index in [-0.39, 0.29) is 4.90 Å². The Balaban J connectivity index is 1.75. The van der Waals surface area contributed by atoms with E-state index in [0.717, 1.165) is 22.3 Å². The average molecular weight is 380 g/mol. The van der Waals surface area contributed by atoms with E-state index >= 15 is 0 Å². The van der Waals surface area contributed by atoms with Gasteiger partial charge in [0.05, 0.1) is 21.2 Å². The van der Waals surface area contributed by atoms with Crippen LogP contribution in [0.1, 0.15) is 23.9 Å². The van der Waals surface area contributed by atoms with Gasteiger partial charge in [0.2, 0.25) is 10.0 Å². The highest BCUT2D eigenvalue weighted by molar-refractivity contribution is 7.89. The van der Waals surface area contributed by atoms with Gasteiger partial charge in [-0.1, -0.05) is 12.1 Å². The number of rotatable bonds is 3. The molecule has 1 unspecified atom stereocenters. The monoisotopic (exact) mass is 380 g/mol. The molecule has 1 aromatic heterocycles. The van der Waals surface area contributed by atoms with Gasteiger partial charge in [0.1, 0.15) is 16.6 Å². The fourth-order valence-electron chi connectivity index (χ4n) is 3.12. The lowest BCUT2D eigenvalue weighted by molar-refractivity contribution is 0.395. The lowest BCUT2D eigenvalue weighted by Crippen LogP contribution is -2.30. The van der Waals surface area contributed by atoms with Crippen molar-refractivity contribution in [2.45, 2.75) is 23.8 Å². The van der Waals surface area contributed by atoms with Crippen LogP contribution in [0.5, 0.6) is 0 Å². The fourth-order valence-corrected chi connectivity index (χ4v) is 6.01. The zero-order chi connectivity index (χ0) is 17.6. The van der Waals surface area contributed by atoms with Crippen molar-refractivity contribution in [3.63, 3.8) is 0 Å². The van der Waals surface area contributed by atoms with E-state index in [2.05, 4.69) is 4.98 Å². The molecule has 0 aliphatic carbocycles. The Hall–Kier alpha value is -1.90. The Morgan fingerprint density at radius 2 is 1.84 bits per heavy atom. The second-order valence-corrected chi connectivity index (χ2v) is 8.85. The summed E-state index contributed by atoms with van der Waals surface area (Å²) in [5.41, 5.74) is 0.823. The summed E-state index contributed by atoms with van der Waals surface area (Å²) in [5, 5.41) is 0.708. The van der Waals surface area contributed by atoms with Crippen LogP contribution in [0.4, 0.5) is 8.78 Å². The predicted octanol–water partition coefficient (Wildman–Crippen LogP) is 4.10. The highest BCUT2D eigenvalue weighted by Gasteiger charge is 2.38. The van der Waals surface area contributed by atoms with E-state index in [9.17, 15) is 17.2 Å². The van der Waals surface area contributed by atoms with Crippen LogP contribution in [-0.2, 0) is 10.0 Å². The third-order valence-electron chi connectivity index (χ3n) is 4.24. The van der Waals surface area contributed by atoms with Crippen LogP contribution >= 0.6 is 11.3 Å². The molecule has 3 aromatic rings. The second kappa shape index (κ2) is 6.12. The van der Waals surface area contributed by atoms with Gasteiger partial charge in [0.25, 0.3) is 0 Å². The third-order valence-corrected chi connectivity index (χ3v) is 7.27. The quantitative estimate of drug-likeness (QED) is 0.687. The van der Waals surface area contributed by atoms with Gasteiger partial charge < -0.3 is 0 Å². The molecule has 2 heterocycles. The number of benzene rings is 2. The molecule has 1 aliphatic heterocycles. The van der Waals surface area contributed by atoms with Crippen LogP contribution in [0.25, 0.3) is 10.2 Å². The third kappa shape index (κ3) is 2.94. The smallest absolute Gasteiger partial charge is 0.239 e. The summed E-state index contributed by atoms with van der Waals surface area (Å²) in [6, 6.07) is 9.56. The van der Waals surface area contributed by atoms with Crippen molar-refractivity contribution in [1.29, 1.82) is 0 Å². The van der Waals surface area contributed by atoms with Gasteiger partial charge in [-0.05, 0) is 37.1 Å². The number of aromatic nitrogens is 1. The number of fused-ring (bicyclic) bond motifs is 1. The van der Waals surface area contributed by atoms with E-state index in [1.807, 2.05) is 24.3 Å². The number of para-hydroxylation sites is 1. The molecule has 0 spiro atoms. The van der Waals surface area contributed by atoms with E-state index in [0.29, 0.717) is 30.5 Å². The number of hydrogen-bond donors (Lipinski definition) is 0. The van der Waals surface area contributed by atoms with Crippen LogP contribution in [0.15, 0.2) is 47.4 Å². The molecule has 2 aromatic carbocycles. The summed E-state index contributed by atoms with van der Waals surface area (Å²) in [6.07, 6.45) is 1.31. The summed E-state index contributed by atoms with van der Waals surface area (Å²) >= 11 is 1.45. The summed E-state index contributed by atoms with van der Waals surface area (Å²) in [6.45, 7) is 0.307. The van der Waals surface area contributed by atoms with Gasteiger partial charge in [-0.25, -0.2) is 22.2 Å². The van der Waals surface area contributed by atoms with Gasteiger partial charge in [0.15, 0.2) is 0 Å². The number of nitrogens with zero attached hydrogens (tertiary/aromatic N) is 2. The van der Waals surface area contributed by atoms with Gasteiger partial charge >= 0.3 is 0 Å². The molecule has 1 aliphatic rings. The van der Waals surface area contributed by atoms with E-state index in [1.165, 1.54) is 15.6 Å². The maximum Gasteiger partial charge on any atom is 0.243 e. The molecular weight excluding hydrogens is 366 g/mol. The van der Waals surface area contributed by atoms with Crippen molar-refractivity contribution in [1.82, 2.24) is 9.29 Å². The van der Waals surface area contributed by atoms with Crippen molar-refractivity contribution in [3.05, 3.63) is 59.1 Å². The zero-order valence-corrected chi connectivity index (χ0v) is 14.7. The normalized spacial score (nSPS) is 18.9. The van der Waals surface area contributed by atoms with E-state index in [1.54, 1.807) is 0 Å². The maximum atomic E-state index is 13.5. The Bertz CT molecular complexity index is 996. The van der Waals surface area contributed by atoms with Crippen molar-refractivity contribution in [2.24, 2.45) is 0 Å². The first-order chi connectivity index (χ1) is 11.9. The molecule has 0 N–H and O–H groups in total. The van der Waals surface area contributed by atoms with Crippen LogP contribution in [0, 0.1) is 11.6 Å². The van der Waals surface area contributed by atoms with Gasteiger partial charge in [-0.3, -0.25) is 0 Å². The minimum absolute atomic E-state index is 0.307. The standard InChI is InChI=1S/C17H14F2N2O2S2/c18-11-8-12(19)10-13(9-11)25(22,23)21-7-3-5-15(21)17-20-14-4-1-2-6-16(14)24-17/h1-2,4,6,8-10,15H,3,5,7H2. The molecule has 1 saturated heterocycles. The molecule has 0 saturated carbocycles. The van der Waals surface area contributed by atoms with Gasteiger partial charge in [0, 0.05) is 12.6 Å². The number of hydrogen-bond acceptors (Lipinski definition) is 4. The van der Waals surface area contributed by atoms with Crippen LogP contribution in [-0.4, -0.2) is 24.3 Å². The summed E-state index contributed by atoms with van der Waals surface area (Å²) in [5.74, 6) is -1.82. The number of halogens is 2. The minimum Gasteiger partial charge on any atom is -0.239 e. The lowest BCUT2D eigenvalue weighted by Gasteiger charge is -2.22. The molecule has 25 heavy (non-hydrogen) atoms. The molecule has 8 heteroatoms. The first kappa shape index (κ1) is 16.6. The first-order valence-corrected chi connectivity index (χ1v) is 10.0. The minimum atomic E-state index is -4.00. The van der Waals surface area contributed by atoms with E-state index < -0.39 is 27.7 Å². The molecular formula is C17H14F2N2O2S2. The first-order valence-electron chi connectivity index (χ1n) is 7.78. The van der Waals surface area contributed by atoms with Crippen molar-refractivity contribution in [2.75, 3.05) is 6.54 Å². The predicted molar refractivity (Wildman–Crippen MR) is 91.8 cm³/mol. The van der Waals surface area contributed by atoms with E-state index in [4.69, 9.17) is 0 Å². The molecule has 1 atom stereocenters. The Kier molecular flexibility index (Phi) is 4.05. The second-order valence-electron chi connectivity index (χ2n) is 5.90. The topological polar surface area (TPSA) is 50.3 Å². The number of sulfonamides is 1. The molecule has 4 rings (SSSR count). The average Bonchev–Trinajstić information content (AvgIpc) is 3.20. The molecule has 0 amide bonds. The van der Waals surface area contributed by atoms with Gasteiger partial charge in [-0.15, -0.1) is 11.3 Å². The van der Waals surface area contributed by atoms with Crippen molar-refractivity contribution in [3.8, 4) is 0 Å². The Morgan fingerprint density at radius 1 is 1.12 bits per heavy atom. The SMILES string of the molecule is O=S(=O)(c1cc(F)cc(F)c1)N1CCCC1c1nc2ccccc2s1. The summed E-state index contributed by atoms with van der Waals surface area (Å²) in [4.78, 5) is 4.19. The highest BCUT2D eigenvalue weighted by atomic mass is 32.2. The summed E-state index contributed by atoms with van der Waals surface area (Å²) < 4.78 is 55.0. The number of thiazole rings is 1. The van der Waals surface area contributed by atoms with Crippen LogP contribution in [0.2, 0.25) is 0 Å². The Labute approximate surface area is 147 Å². The Morgan fingerprint density at radius 3 is 2.56 bits per heavy atom. The largest absolute Gasteiger partial charge is 0.243 e. The molecule has 4 nitrogen and oxygen atoms in total. The van der Waals surface area contributed by atoms with Crippen LogP contribution in [0.3, 0.4) is 0 Å². The highest BCUT2D eigenvalue weighted by Crippen LogP contribution is 2.39. The van der Waals surface area contributed by atoms with Gasteiger partial charge in [-0.2, -0.15) is 4.31 Å². The maximum absolute atomic E-state index is 13.5. The van der Waals surface area contributed by atoms with Crippen molar-refractivity contribution < 1.29 is 17.2 Å². The molecule has 1 fully saturated rings. The zero-order valence-electron chi connectivity index (χ0n) is 13.0. The lowest BCUT2D eigenvalue weighted by atomic mass is 10.2. The van der Waals surface area contributed by atoms with Crippen LogP contribution < -0.4 is 0 Å². The fraction of sp³-hybridized carbons (Fsp3) is 0.235. The van der Waals surface area contributed by atoms with Crippen molar-refractivity contribution >= 4 is 31.6 Å².